The van der Waals surface area contributed by atoms with E-state index in [-0.39, 0.29) is 11.3 Å². The van der Waals surface area contributed by atoms with Crippen LogP contribution in [0.25, 0.3) is 0 Å². The fraction of sp³-hybridized carbons (Fsp3) is 0.615. The molecule has 0 saturated heterocycles. The van der Waals surface area contributed by atoms with Crippen molar-refractivity contribution < 1.29 is 4.79 Å². The normalized spacial score (nSPS) is 13.4. The Hall–Kier alpha value is -0.870. The van der Waals surface area contributed by atoms with E-state index in [0.717, 1.165) is 6.42 Å². The third-order valence-electron chi connectivity index (χ3n) is 2.93. The van der Waals surface area contributed by atoms with E-state index in [2.05, 4.69) is 35.1 Å². The van der Waals surface area contributed by atoms with Gasteiger partial charge in [-0.3, -0.25) is 4.79 Å². The summed E-state index contributed by atoms with van der Waals surface area (Å²) in [7, 11) is 1.68. The molecule has 0 saturated carbocycles. The van der Waals surface area contributed by atoms with Crippen LogP contribution in [0.5, 0.6) is 0 Å². The zero-order valence-electron chi connectivity index (χ0n) is 11.0. The minimum absolute atomic E-state index is 0.0750. The number of hydrogen-bond acceptors (Lipinski definition) is 3. The summed E-state index contributed by atoms with van der Waals surface area (Å²) in [6.07, 6.45) is 1.03. The summed E-state index contributed by atoms with van der Waals surface area (Å²) in [5.41, 5.74) is -0.376. The summed E-state index contributed by atoms with van der Waals surface area (Å²) in [6.45, 7) is 6.76. The number of carbonyl (C=O) groups is 1. The van der Waals surface area contributed by atoms with Crippen molar-refractivity contribution in [2.24, 2.45) is 5.41 Å². The van der Waals surface area contributed by atoms with Gasteiger partial charge in [-0.05, 0) is 31.7 Å². The molecule has 0 aliphatic rings. The molecule has 96 valence electrons. The number of thiophene rings is 1. The Labute approximate surface area is 108 Å². The monoisotopic (exact) mass is 254 g/mol. The van der Waals surface area contributed by atoms with E-state index < -0.39 is 0 Å². The zero-order valence-corrected chi connectivity index (χ0v) is 11.9. The van der Waals surface area contributed by atoms with Gasteiger partial charge in [0.05, 0.1) is 5.41 Å². The second-order valence-corrected chi connectivity index (χ2v) is 5.80. The van der Waals surface area contributed by atoms with Crippen LogP contribution in [0.4, 0.5) is 0 Å². The third-order valence-corrected chi connectivity index (χ3v) is 3.91. The smallest absolute Gasteiger partial charge is 0.226 e. The highest BCUT2D eigenvalue weighted by molar-refractivity contribution is 7.10. The highest BCUT2D eigenvalue weighted by atomic mass is 32.1. The average Bonchev–Trinajstić information content (AvgIpc) is 2.82. The fourth-order valence-electron chi connectivity index (χ4n) is 1.73. The van der Waals surface area contributed by atoms with Gasteiger partial charge in [-0.15, -0.1) is 11.3 Å². The van der Waals surface area contributed by atoms with E-state index in [1.165, 1.54) is 4.88 Å². The molecule has 0 aliphatic carbocycles. The first-order valence-electron chi connectivity index (χ1n) is 6.00. The van der Waals surface area contributed by atoms with Crippen LogP contribution >= 0.6 is 11.3 Å². The van der Waals surface area contributed by atoms with Crippen LogP contribution in [0.3, 0.4) is 0 Å². The Bertz CT molecular complexity index is 346. The lowest BCUT2D eigenvalue weighted by Gasteiger charge is -2.26. The van der Waals surface area contributed by atoms with Gasteiger partial charge in [0, 0.05) is 24.5 Å². The van der Waals surface area contributed by atoms with Gasteiger partial charge in [0.1, 0.15) is 0 Å². The molecule has 3 nitrogen and oxygen atoms in total. The molecule has 0 fully saturated rings. The molecule has 1 heterocycles. The van der Waals surface area contributed by atoms with Crippen molar-refractivity contribution in [1.29, 1.82) is 0 Å². The van der Waals surface area contributed by atoms with Gasteiger partial charge in [0.25, 0.3) is 0 Å². The van der Waals surface area contributed by atoms with Crippen molar-refractivity contribution in [2.75, 3.05) is 13.6 Å². The highest BCUT2D eigenvalue weighted by Gasteiger charge is 2.27. The van der Waals surface area contributed by atoms with E-state index in [1.54, 1.807) is 18.4 Å². The molecule has 1 aromatic heterocycles. The summed E-state index contributed by atoms with van der Waals surface area (Å²) >= 11 is 1.76. The Morgan fingerprint density at radius 1 is 1.53 bits per heavy atom. The van der Waals surface area contributed by atoms with Crippen molar-refractivity contribution in [3.05, 3.63) is 22.4 Å². The van der Waals surface area contributed by atoms with E-state index in [9.17, 15) is 4.79 Å². The molecule has 0 bridgehead atoms. The van der Waals surface area contributed by atoms with Crippen LogP contribution in [0.2, 0.25) is 0 Å². The topological polar surface area (TPSA) is 41.1 Å². The maximum absolute atomic E-state index is 11.7. The van der Waals surface area contributed by atoms with Crippen molar-refractivity contribution >= 4 is 17.2 Å². The molecular weight excluding hydrogens is 232 g/mol. The van der Waals surface area contributed by atoms with Crippen LogP contribution in [0, 0.1) is 5.41 Å². The number of amides is 1. The van der Waals surface area contributed by atoms with E-state index in [0.29, 0.717) is 12.6 Å². The molecule has 17 heavy (non-hydrogen) atoms. The minimum Gasteiger partial charge on any atom is -0.359 e. The third kappa shape index (κ3) is 3.82. The predicted octanol–water partition coefficient (Wildman–Crippen LogP) is 2.56. The van der Waals surface area contributed by atoms with Crippen LogP contribution in [-0.2, 0) is 4.79 Å². The molecule has 0 aromatic carbocycles. The number of hydrogen-bond donors (Lipinski definition) is 2. The standard InChI is InChI=1S/C13H22N2OS/c1-5-10(11-7-6-8-17-11)15-9-13(2,3)12(16)14-4/h6-8,10,15H,5,9H2,1-4H3,(H,14,16)/t10-/m1/s1. The second kappa shape index (κ2) is 6.17. The predicted molar refractivity (Wildman–Crippen MR) is 73.2 cm³/mol. The van der Waals surface area contributed by atoms with E-state index in [1.807, 2.05) is 13.8 Å². The van der Waals surface area contributed by atoms with E-state index >= 15 is 0 Å². The first-order chi connectivity index (χ1) is 8.01. The van der Waals surface area contributed by atoms with Crippen molar-refractivity contribution in [2.45, 2.75) is 33.2 Å². The van der Waals surface area contributed by atoms with Gasteiger partial charge in [0.2, 0.25) is 5.91 Å². The molecule has 0 unspecified atom stereocenters. The lowest BCUT2D eigenvalue weighted by Crippen LogP contribution is -2.42. The molecule has 2 N–H and O–H groups in total. The van der Waals surface area contributed by atoms with Gasteiger partial charge in [-0.2, -0.15) is 0 Å². The first kappa shape index (κ1) is 14.2. The molecular formula is C13H22N2OS. The fourth-order valence-corrected chi connectivity index (χ4v) is 2.62. The quantitative estimate of drug-likeness (QED) is 0.819. The van der Waals surface area contributed by atoms with Crippen LogP contribution in [0.1, 0.15) is 38.1 Å². The van der Waals surface area contributed by atoms with Crippen molar-refractivity contribution in [3.63, 3.8) is 0 Å². The Kier molecular flexibility index (Phi) is 5.15. The molecule has 1 rings (SSSR count). The SMILES string of the molecule is CC[C@@H](NCC(C)(C)C(=O)NC)c1cccs1. The van der Waals surface area contributed by atoms with Crippen molar-refractivity contribution in [3.8, 4) is 0 Å². The van der Waals surface area contributed by atoms with Crippen LogP contribution < -0.4 is 10.6 Å². The summed E-state index contributed by atoms with van der Waals surface area (Å²) in [4.78, 5) is 13.0. The lowest BCUT2D eigenvalue weighted by atomic mass is 9.92. The Balaban J connectivity index is 2.57. The maximum atomic E-state index is 11.7. The van der Waals surface area contributed by atoms with Crippen molar-refractivity contribution in [1.82, 2.24) is 10.6 Å². The number of rotatable bonds is 6. The number of nitrogens with one attached hydrogen (secondary N) is 2. The molecule has 1 aromatic rings. The van der Waals surface area contributed by atoms with Gasteiger partial charge in [0.15, 0.2) is 0 Å². The molecule has 0 aliphatic heterocycles. The minimum atomic E-state index is -0.376. The van der Waals surface area contributed by atoms with Gasteiger partial charge >= 0.3 is 0 Å². The largest absolute Gasteiger partial charge is 0.359 e. The van der Waals surface area contributed by atoms with Gasteiger partial charge in [-0.1, -0.05) is 13.0 Å². The zero-order chi connectivity index (χ0) is 12.9. The highest BCUT2D eigenvalue weighted by Crippen LogP contribution is 2.23. The molecule has 0 spiro atoms. The van der Waals surface area contributed by atoms with Gasteiger partial charge < -0.3 is 10.6 Å². The summed E-state index contributed by atoms with van der Waals surface area (Å²) in [5, 5.41) is 8.27. The van der Waals surface area contributed by atoms with E-state index in [4.69, 9.17) is 0 Å². The van der Waals surface area contributed by atoms with Crippen LogP contribution in [0.15, 0.2) is 17.5 Å². The summed E-state index contributed by atoms with van der Waals surface area (Å²) in [5.74, 6) is 0.0750. The Morgan fingerprint density at radius 2 is 2.24 bits per heavy atom. The summed E-state index contributed by atoms with van der Waals surface area (Å²) in [6, 6.07) is 4.55. The maximum Gasteiger partial charge on any atom is 0.226 e. The Morgan fingerprint density at radius 3 is 2.71 bits per heavy atom. The average molecular weight is 254 g/mol. The van der Waals surface area contributed by atoms with Crippen LogP contribution in [-0.4, -0.2) is 19.5 Å². The summed E-state index contributed by atoms with van der Waals surface area (Å²) < 4.78 is 0. The molecule has 4 heteroatoms. The molecule has 1 amide bonds. The first-order valence-corrected chi connectivity index (χ1v) is 6.88. The number of carbonyl (C=O) groups excluding carboxylic acids is 1. The lowest BCUT2D eigenvalue weighted by molar-refractivity contribution is -0.128. The molecule has 1 atom stereocenters. The van der Waals surface area contributed by atoms with Gasteiger partial charge in [-0.25, -0.2) is 0 Å². The second-order valence-electron chi connectivity index (χ2n) is 4.82. The molecule has 0 radical (unpaired) electrons.